The summed E-state index contributed by atoms with van der Waals surface area (Å²) < 4.78 is 0. The summed E-state index contributed by atoms with van der Waals surface area (Å²) in [5.74, 6) is -0.156. The van der Waals surface area contributed by atoms with Gasteiger partial charge in [0.1, 0.15) is 5.69 Å². The van der Waals surface area contributed by atoms with E-state index in [1.807, 2.05) is 30.3 Å². The molecule has 0 unspecified atom stereocenters. The SMILES string of the molecule is CCN(CC)Cc1ccc(CNC(=O)c2cc(-c3ccccc3)n[nH]2)cc1. The first kappa shape index (κ1) is 18.9. The molecule has 0 fully saturated rings. The lowest BCUT2D eigenvalue weighted by atomic mass is 10.1. The zero-order chi connectivity index (χ0) is 19.1. The third-order valence-electron chi connectivity index (χ3n) is 4.67. The van der Waals surface area contributed by atoms with Crippen molar-refractivity contribution in [3.8, 4) is 11.3 Å². The van der Waals surface area contributed by atoms with E-state index in [-0.39, 0.29) is 5.91 Å². The van der Waals surface area contributed by atoms with Crippen LogP contribution in [-0.2, 0) is 13.1 Å². The van der Waals surface area contributed by atoms with Crippen LogP contribution in [0.3, 0.4) is 0 Å². The predicted molar refractivity (Wildman–Crippen MR) is 108 cm³/mol. The van der Waals surface area contributed by atoms with E-state index in [2.05, 4.69) is 58.5 Å². The molecule has 1 aromatic heterocycles. The van der Waals surface area contributed by atoms with Crippen molar-refractivity contribution in [1.82, 2.24) is 20.4 Å². The molecule has 0 radical (unpaired) electrons. The van der Waals surface area contributed by atoms with Crippen LogP contribution in [0.25, 0.3) is 11.3 Å². The normalized spacial score (nSPS) is 10.9. The minimum atomic E-state index is -0.156. The minimum absolute atomic E-state index is 0.156. The summed E-state index contributed by atoms with van der Waals surface area (Å²) in [5.41, 5.74) is 4.58. The second-order valence-electron chi connectivity index (χ2n) is 6.49. The Bertz CT molecular complexity index is 852. The highest BCUT2D eigenvalue weighted by atomic mass is 16.1. The average molecular weight is 362 g/mol. The van der Waals surface area contributed by atoms with E-state index >= 15 is 0 Å². The molecule has 0 bridgehead atoms. The van der Waals surface area contributed by atoms with Crippen LogP contribution in [-0.4, -0.2) is 34.1 Å². The second kappa shape index (κ2) is 9.14. The van der Waals surface area contributed by atoms with Crippen LogP contribution in [0.1, 0.15) is 35.5 Å². The Morgan fingerprint density at radius 1 is 1.00 bits per heavy atom. The maximum atomic E-state index is 12.4. The van der Waals surface area contributed by atoms with Gasteiger partial charge in [0, 0.05) is 18.7 Å². The standard InChI is InChI=1S/C22H26N4O/c1-3-26(4-2)16-18-12-10-17(11-13-18)15-23-22(27)21-14-20(24-25-21)19-8-6-5-7-9-19/h5-14H,3-4,15-16H2,1-2H3,(H,23,27)(H,24,25). The summed E-state index contributed by atoms with van der Waals surface area (Å²) in [5, 5.41) is 9.99. The van der Waals surface area contributed by atoms with Gasteiger partial charge in [0.2, 0.25) is 0 Å². The molecule has 140 valence electrons. The van der Waals surface area contributed by atoms with Crippen molar-refractivity contribution in [3.05, 3.63) is 77.5 Å². The van der Waals surface area contributed by atoms with E-state index in [0.29, 0.717) is 12.2 Å². The summed E-state index contributed by atoms with van der Waals surface area (Å²) in [4.78, 5) is 14.7. The number of benzene rings is 2. The van der Waals surface area contributed by atoms with Gasteiger partial charge in [-0.2, -0.15) is 5.10 Å². The number of hydrogen-bond acceptors (Lipinski definition) is 3. The van der Waals surface area contributed by atoms with Crippen LogP contribution in [0.2, 0.25) is 0 Å². The number of carbonyl (C=O) groups is 1. The number of amides is 1. The topological polar surface area (TPSA) is 61.0 Å². The lowest BCUT2D eigenvalue weighted by molar-refractivity contribution is 0.0946. The van der Waals surface area contributed by atoms with Crippen LogP contribution in [0.5, 0.6) is 0 Å². The van der Waals surface area contributed by atoms with Gasteiger partial charge in [-0.05, 0) is 30.3 Å². The molecule has 0 saturated heterocycles. The fourth-order valence-corrected chi connectivity index (χ4v) is 2.94. The molecule has 5 heteroatoms. The van der Waals surface area contributed by atoms with Gasteiger partial charge >= 0.3 is 0 Å². The lowest BCUT2D eigenvalue weighted by Crippen LogP contribution is -2.23. The molecule has 0 spiro atoms. The number of H-pyrrole nitrogens is 1. The zero-order valence-corrected chi connectivity index (χ0v) is 15.9. The Balaban J connectivity index is 1.55. The van der Waals surface area contributed by atoms with Crippen molar-refractivity contribution in [2.24, 2.45) is 0 Å². The van der Waals surface area contributed by atoms with Crippen LogP contribution < -0.4 is 5.32 Å². The van der Waals surface area contributed by atoms with E-state index in [1.165, 1.54) is 5.56 Å². The van der Waals surface area contributed by atoms with Crippen LogP contribution in [0.4, 0.5) is 0 Å². The van der Waals surface area contributed by atoms with Crippen LogP contribution in [0, 0.1) is 0 Å². The molecule has 1 heterocycles. The molecule has 0 aliphatic carbocycles. The first-order chi connectivity index (χ1) is 13.2. The van der Waals surface area contributed by atoms with E-state index < -0.39 is 0 Å². The molecule has 5 nitrogen and oxygen atoms in total. The fraction of sp³-hybridized carbons (Fsp3) is 0.273. The van der Waals surface area contributed by atoms with Gasteiger partial charge in [0.15, 0.2) is 0 Å². The zero-order valence-electron chi connectivity index (χ0n) is 15.9. The van der Waals surface area contributed by atoms with Crippen LogP contribution in [0.15, 0.2) is 60.7 Å². The van der Waals surface area contributed by atoms with Crippen molar-refractivity contribution < 1.29 is 4.79 Å². The molecule has 3 rings (SSSR count). The molecular weight excluding hydrogens is 336 g/mol. The van der Waals surface area contributed by atoms with Crippen molar-refractivity contribution in [3.63, 3.8) is 0 Å². The van der Waals surface area contributed by atoms with E-state index in [1.54, 1.807) is 6.07 Å². The number of nitrogens with zero attached hydrogens (tertiary/aromatic N) is 2. The third-order valence-corrected chi connectivity index (χ3v) is 4.67. The number of nitrogens with one attached hydrogen (secondary N) is 2. The average Bonchev–Trinajstić information content (AvgIpc) is 3.22. The second-order valence-corrected chi connectivity index (χ2v) is 6.49. The minimum Gasteiger partial charge on any atom is -0.347 e. The van der Waals surface area contributed by atoms with Crippen LogP contribution >= 0.6 is 0 Å². The Hall–Kier alpha value is -2.92. The summed E-state index contributed by atoms with van der Waals surface area (Å²) in [6, 6.07) is 20.0. The highest BCUT2D eigenvalue weighted by Gasteiger charge is 2.10. The molecule has 3 aromatic rings. The Kier molecular flexibility index (Phi) is 6.39. The van der Waals surface area contributed by atoms with Gasteiger partial charge in [0.25, 0.3) is 5.91 Å². The number of aromatic nitrogens is 2. The Morgan fingerprint density at radius 3 is 2.33 bits per heavy atom. The number of hydrogen-bond donors (Lipinski definition) is 2. The smallest absolute Gasteiger partial charge is 0.269 e. The van der Waals surface area contributed by atoms with Gasteiger partial charge in [-0.25, -0.2) is 0 Å². The van der Waals surface area contributed by atoms with Crippen molar-refractivity contribution in [2.75, 3.05) is 13.1 Å². The number of rotatable bonds is 8. The monoisotopic (exact) mass is 362 g/mol. The molecule has 0 atom stereocenters. The largest absolute Gasteiger partial charge is 0.347 e. The Morgan fingerprint density at radius 2 is 1.67 bits per heavy atom. The highest BCUT2D eigenvalue weighted by molar-refractivity contribution is 5.93. The van der Waals surface area contributed by atoms with Crippen molar-refractivity contribution >= 4 is 5.91 Å². The molecule has 0 aliphatic heterocycles. The lowest BCUT2D eigenvalue weighted by Gasteiger charge is -2.18. The summed E-state index contributed by atoms with van der Waals surface area (Å²) in [6.07, 6.45) is 0. The molecule has 0 aliphatic rings. The van der Waals surface area contributed by atoms with Gasteiger partial charge < -0.3 is 5.32 Å². The molecule has 27 heavy (non-hydrogen) atoms. The quantitative estimate of drug-likeness (QED) is 0.640. The van der Waals surface area contributed by atoms with Crippen molar-refractivity contribution in [2.45, 2.75) is 26.9 Å². The van der Waals surface area contributed by atoms with E-state index in [9.17, 15) is 4.79 Å². The summed E-state index contributed by atoms with van der Waals surface area (Å²) in [7, 11) is 0. The molecular formula is C22H26N4O. The third kappa shape index (κ3) is 5.05. The first-order valence-corrected chi connectivity index (χ1v) is 9.38. The summed E-state index contributed by atoms with van der Waals surface area (Å²) >= 11 is 0. The molecule has 2 N–H and O–H groups in total. The van der Waals surface area contributed by atoms with Gasteiger partial charge in [-0.3, -0.25) is 14.8 Å². The maximum Gasteiger partial charge on any atom is 0.269 e. The Labute approximate surface area is 160 Å². The van der Waals surface area contributed by atoms with Gasteiger partial charge in [-0.15, -0.1) is 0 Å². The molecule has 2 aromatic carbocycles. The maximum absolute atomic E-state index is 12.4. The van der Waals surface area contributed by atoms with Gasteiger partial charge in [0.05, 0.1) is 5.69 Å². The van der Waals surface area contributed by atoms with Gasteiger partial charge in [-0.1, -0.05) is 68.4 Å². The molecule has 0 saturated carbocycles. The highest BCUT2D eigenvalue weighted by Crippen LogP contribution is 2.17. The molecule has 1 amide bonds. The van der Waals surface area contributed by atoms with E-state index in [0.717, 1.165) is 36.5 Å². The summed E-state index contributed by atoms with van der Waals surface area (Å²) in [6.45, 7) is 7.88. The number of aromatic amines is 1. The van der Waals surface area contributed by atoms with Crippen molar-refractivity contribution in [1.29, 1.82) is 0 Å². The number of carbonyl (C=O) groups excluding carboxylic acids is 1. The fourth-order valence-electron chi connectivity index (χ4n) is 2.94. The van der Waals surface area contributed by atoms with E-state index in [4.69, 9.17) is 0 Å². The first-order valence-electron chi connectivity index (χ1n) is 9.38. The predicted octanol–water partition coefficient (Wildman–Crippen LogP) is 3.85.